The lowest BCUT2D eigenvalue weighted by Crippen LogP contribution is -2.55. The number of likely N-dealkylation sites (tertiary alicyclic amines) is 1. The molecule has 2 fully saturated rings. The van der Waals surface area contributed by atoms with Crippen LogP contribution >= 0.6 is 0 Å². The fourth-order valence-corrected chi connectivity index (χ4v) is 4.12. The van der Waals surface area contributed by atoms with Crippen molar-refractivity contribution in [2.24, 2.45) is 0 Å². The summed E-state index contributed by atoms with van der Waals surface area (Å²) in [6.07, 6.45) is 12.3. The number of amides is 1. The van der Waals surface area contributed by atoms with Crippen molar-refractivity contribution in [1.82, 2.24) is 24.8 Å². The van der Waals surface area contributed by atoms with Crippen LogP contribution in [0.5, 0.6) is 0 Å². The van der Waals surface area contributed by atoms with Crippen molar-refractivity contribution in [2.75, 3.05) is 13.1 Å². The second kappa shape index (κ2) is 7.27. The van der Waals surface area contributed by atoms with Crippen LogP contribution < -0.4 is 0 Å². The van der Waals surface area contributed by atoms with E-state index in [0.717, 1.165) is 44.5 Å². The first kappa shape index (κ1) is 16.1. The van der Waals surface area contributed by atoms with Crippen molar-refractivity contribution in [3.8, 4) is 0 Å². The van der Waals surface area contributed by atoms with E-state index in [9.17, 15) is 4.79 Å². The fraction of sp³-hybridized carbons (Fsp3) is 0.474. The van der Waals surface area contributed by atoms with Crippen LogP contribution in [0.4, 0.5) is 0 Å². The van der Waals surface area contributed by atoms with Crippen LogP contribution in [0.15, 0.2) is 43.2 Å². The molecule has 25 heavy (non-hydrogen) atoms. The molecule has 0 N–H and O–H groups in total. The zero-order valence-electron chi connectivity index (χ0n) is 14.3. The van der Waals surface area contributed by atoms with Crippen LogP contribution in [0.1, 0.15) is 30.4 Å². The van der Waals surface area contributed by atoms with Gasteiger partial charge in [0.05, 0.1) is 0 Å². The van der Waals surface area contributed by atoms with Gasteiger partial charge in [-0.1, -0.05) is 6.07 Å². The Labute approximate surface area is 147 Å². The minimum atomic E-state index is 0.275. The Bertz CT molecular complexity index is 694. The standard InChI is InChI=1S/C19H23N5O/c25-19(6-3-15-8-21-14-22-9-15)24-17-4-5-18(24)13-23(12-17)11-16-2-1-7-20-10-16/h1-2,7-10,14,17-18H,3-6,11-13H2. The van der Waals surface area contributed by atoms with Gasteiger partial charge < -0.3 is 4.90 Å². The molecular formula is C19H23N5O. The quantitative estimate of drug-likeness (QED) is 0.831. The van der Waals surface area contributed by atoms with E-state index in [1.54, 1.807) is 12.4 Å². The lowest BCUT2D eigenvalue weighted by atomic mass is 10.1. The third-order valence-corrected chi connectivity index (χ3v) is 5.22. The molecular weight excluding hydrogens is 314 g/mol. The highest BCUT2D eigenvalue weighted by atomic mass is 16.2. The molecule has 0 saturated carbocycles. The summed E-state index contributed by atoms with van der Waals surface area (Å²) in [5, 5.41) is 0. The van der Waals surface area contributed by atoms with Gasteiger partial charge in [0.25, 0.3) is 0 Å². The highest BCUT2D eigenvalue weighted by molar-refractivity contribution is 5.77. The molecule has 0 radical (unpaired) electrons. The Hall–Kier alpha value is -2.34. The number of rotatable bonds is 5. The summed E-state index contributed by atoms with van der Waals surface area (Å²) in [6.45, 7) is 2.85. The highest BCUT2D eigenvalue weighted by Gasteiger charge is 2.41. The van der Waals surface area contributed by atoms with Gasteiger partial charge in [0, 0.05) is 62.9 Å². The Kier molecular flexibility index (Phi) is 4.70. The van der Waals surface area contributed by atoms with Crippen molar-refractivity contribution in [2.45, 2.75) is 44.3 Å². The molecule has 0 aromatic carbocycles. The van der Waals surface area contributed by atoms with Crippen molar-refractivity contribution in [1.29, 1.82) is 0 Å². The number of aryl methyl sites for hydroxylation is 1. The normalized spacial score (nSPS) is 23.0. The smallest absolute Gasteiger partial charge is 0.223 e. The first-order valence-corrected chi connectivity index (χ1v) is 8.96. The summed E-state index contributed by atoms with van der Waals surface area (Å²) in [6, 6.07) is 4.82. The molecule has 2 aromatic rings. The van der Waals surface area contributed by atoms with Gasteiger partial charge in [0.15, 0.2) is 0 Å². The summed E-state index contributed by atoms with van der Waals surface area (Å²) in [7, 11) is 0. The average molecular weight is 337 g/mol. The van der Waals surface area contributed by atoms with Gasteiger partial charge in [0.1, 0.15) is 6.33 Å². The molecule has 6 nitrogen and oxygen atoms in total. The first-order chi connectivity index (χ1) is 12.3. The molecule has 130 valence electrons. The molecule has 2 unspecified atom stereocenters. The number of carbonyl (C=O) groups is 1. The van der Waals surface area contributed by atoms with Crippen LogP contribution in [0.25, 0.3) is 0 Å². The van der Waals surface area contributed by atoms with E-state index in [-0.39, 0.29) is 5.91 Å². The van der Waals surface area contributed by atoms with Crippen LogP contribution in [0.3, 0.4) is 0 Å². The lowest BCUT2D eigenvalue weighted by Gasteiger charge is -2.41. The van der Waals surface area contributed by atoms with Crippen LogP contribution in [0.2, 0.25) is 0 Å². The van der Waals surface area contributed by atoms with Crippen LogP contribution in [-0.2, 0) is 17.8 Å². The van der Waals surface area contributed by atoms with Gasteiger partial charge in [0.2, 0.25) is 5.91 Å². The van der Waals surface area contributed by atoms with E-state index >= 15 is 0 Å². The SMILES string of the molecule is O=C(CCc1cncnc1)N1C2CCC1CN(Cc1cccnc1)C2. The topological polar surface area (TPSA) is 62.2 Å². The molecule has 2 aromatic heterocycles. The maximum Gasteiger partial charge on any atom is 0.223 e. The van der Waals surface area contributed by atoms with Gasteiger partial charge in [-0.2, -0.15) is 0 Å². The fourth-order valence-electron chi connectivity index (χ4n) is 4.12. The number of hydrogen-bond acceptors (Lipinski definition) is 5. The molecule has 2 atom stereocenters. The molecule has 0 spiro atoms. The third-order valence-electron chi connectivity index (χ3n) is 5.22. The molecule has 1 amide bonds. The minimum Gasteiger partial charge on any atom is -0.334 e. The summed E-state index contributed by atoms with van der Waals surface area (Å²) in [4.78, 5) is 29.6. The van der Waals surface area contributed by atoms with Gasteiger partial charge in [-0.05, 0) is 36.5 Å². The summed E-state index contributed by atoms with van der Waals surface area (Å²) in [5.41, 5.74) is 2.27. The van der Waals surface area contributed by atoms with Crippen molar-refractivity contribution < 1.29 is 4.79 Å². The van der Waals surface area contributed by atoms with Gasteiger partial charge in [-0.25, -0.2) is 9.97 Å². The molecule has 2 saturated heterocycles. The Morgan fingerprint density at radius 3 is 2.44 bits per heavy atom. The van der Waals surface area contributed by atoms with Crippen molar-refractivity contribution in [3.63, 3.8) is 0 Å². The van der Waals surface area contributed by atoms with Gasteiger partial charge >= 0.3 is 0 Å². The molecule has 0 aliphatic carbocycles. The zero-order chi connectivity index (χ0) is 17.1. The predicted octanol–water partition coefficient (Wildman–Crippen LogP) is 1.68. The van der Waals surface area contributed by atoms with E-state index in [2.05, 4.69) is 30.8 Å². The maximum absolute atomic E-state index is 12.8. The number of carbonyl (C=O) groups excluding carboxylic acids is 1. The monoisotopic (exact) mass is 337 g/mol. The Morgan fingerprint density at radius 2 is 1.76 bits per heavy atom. The predicted molar refractivity (Wildman–Crippen MR) is 93.5 cm³/mol. The number of piperazine rings is 1. The van der Waals surface area contributed by atoms with Crippen molar-refractivity contribution >= 4 is 5.91 Å². The molecule has 4 heterocycles. The number of aromatic nitrogens is 3. The molecule has 4 rings (SSSR count). The summed E-state index contributed by atoms with van der Waals surface area (Å²) in [5.74, 6) is 0.275. The number of hydrogen-bond donors (Lipinski definition) is 0. The highest BCUT2D eigenvalue weighted by Crippen LogP contribution is 2.31. The van der Waals surface area contributed by atoms with E-state index in [1.165, 1.54) is 11.9 Å². The minimum absolute atomic E-state index is 0.275. The Balaban J connectivity index is 1.34. The number of nitrogens with zero attached hydrogens (tertiary/aromatic N) is 5. The first-order valence-electron chi connectivity index (χ1n) is 8.96. The molecule has 2 bridgehead atoms. The second-order valence-electron chi connectivity index (χ2n) is 6.99. The van der Waals surface area contributed by atoms with E-state index in [1.807, 2.05) is 18.5 Å². The molecule has 2 aliphatic rings. The largest absolute Gasteiger partial charge is 0.334 e. The maximum atomic E-state index is 12.8. The number of fused-ring (bicyclic) bond motifs is 2. The van der Waals surface area contributed by atoms with E-state index in [4.69, 9.17) is 0 Å². The van der Waals surface area contributed by atoms with Gasteiger partial charge in [-0.3, -0.25) is 14.7 Å². The number of pyridine rings is 1. The van der Waals surface area contributed by atoms with Crippen molar-refractivity contribution in [3.05, 3.63) is 54.4 Å². The van der Waals surface area contributed by atoms with Gasteiger partial charge in [-0.15, -0.1) is 0 Å². The lowest BCUT2D eigenvalue weighted by molar-refractivity contribution is -0.137. The van der Waals surface area contributed by atoms with Crippen LogP contribution in [-0.4, -0.2) is 55.8 Å². The van der Waals surface area contributed by atoms with Crippen LogP contribution in [0, 0.1) is 0 Å². The average Bonchev–Trinajstić information content (AvgIpc) is 2.92. The van der Waals surface area contributed by atoms with E-state index in [0.29, 0.717) is 18.5 Å². The molecule has 6 heteroatoms. The summed E-state index contributed by atoms with van der Waals surface area (Å²) >= 11 is 0. The van der Waals surface area contributed by atoms with E-state index < -0.39 is 0 Å². The Morgan fingerprint density at radius 1 is 1.04 bits per heavy atom. The molecule has 2 aliphatic heterocycles. The zero-order valence-corrected chi connectivity index (χ0v) is 14.3. The third kappa shape index (κ3) is 3.69. The summed E-state index contributed by atoms with van der Waals surface area (Å²) < 4.78 is 0. The second-order valence-corrected chi connectivity index (χ2v) is 6.99.